The molecule has 1 heterocycles. The smallest absolute Gasteiger partial charge is 0.242 e. The average molecular weight is 247 g/mol. The van der Waals surface area contributed by atoms with E-state index in [-0.39, 0.29) is 11.9 Å². The van der Waals surface area contributed by atoms with Crippen molar-refractivity contribution in [3.63, 3.8) is 0 Å². The summed E-state index contributed by atoms with van der Waals surface area (Å²) in [5.74, 6) is 0.439. The first-order valence-electron chi connectivity index (χ1n) is 6.52. The third-order valence-corrected chi connectivity index (χ3v) is 3.20. The Kier molecular flexibility index (Phi) is 4.33. The molecule has 1 aromatic rings. The quantitative estimate of drug-likeness (QED) is 0.755. The second kappa shape index (κ2) is 5.98. The maximum Gasteiger partial charge on any atom is 0.242 e. The van der Waals surface area contributed by atoms with Crippen LogP contribution in [0.1, 0.15) is 25.3 Å². The zero-order valence-corrected chi connectivity index (χ0v) is 11.0. The summed E-state index contributed by atoms with van der Waals surface area (Å²) in [5, 5.41) is 9.45. The van der Waals surface area contributed by atoms with Crippen LogP contribution >= 0.6 is 0 Å². The highest BCUT2D eigenvalue weighted by Gasteiger charge is 2.21. The van der Waals surface area contributed by atoms with Crippen molar-refractivity contribution in [2.45, 2.75) is 25.8 Å². The van der Waals surface area contributed by atoms with Gasteiger partial charge < -0.3 is 16.0 Å². The van der Waals surface area contributed by atoms with Gasteiger partial charge in [-0.15, -0.1) is 0 Å². The summed E-state index contributed by atoms with van der Waals surface area (Å²) in [7, 11) is 0. The molecule has 1 amide bonds. The zero-order valence-electron chi connectivity index (χ0n) is 11.0. The predicted octanol–water partition coefficient (Wildman–Crippen LogP) is 1.31. The van der Waals surface area contributed by atoms with Crippen LogP contribution in [0, 0.1) is 0 Å². The van der Waals surface area contributed by atoms with Crippen molar-refractivity contribution in [2.24, 2.45) is 0 Å². The van der Waals surface area contributed by atoms with E-state index in [1.165, 1.54) is 5.56 Å². The van der Waals surface area contributed by atoms with Crippen molar-refractivity contribution in [2.75, 3.05) is 25.0 Å². The highest BCUT2D eigenvalue weighted by molar-refractivity contribution is 5.95. The molecule has 1 aliphatic rings. The van der Waals surface area contributed by atoms with Crippen LogP contribution in [0.3, 0.4) is 0 Å². The van der Waals surface area contributed by atoms with Crippen LogP contribution < -0.4 is 16.0 Å². The third kappa shape index (κ3) is 3.09. The first-order chi connectivity index (χ1) is 8.68. The summed E-state index contributed by atoms with van der Waals surface area (Å²) in [6, 6.07) is 7.84. The van der Waals surface area contributed by atoms with Crippen molar-refractivity contribution in [3.8, 4) is 0 Å². The van der Waals surface area contributed by atoms with Gasteiger partial charge in [0, 0.05) is 25.3 Å². The Morgan fingerprint density at radius 3 is 2.78 bits per heavy atom. The van der Waals surface area contributed by atoms with Gasteiger partial charge in [0.1, 0.15) is 0 Å². The van der Waals surface area contributed by atoms with Crippen molar-refractivity contribution >= 4 is 11.6 Å². The maximum atomic E-state index is 12.1. The number of rotatable bonds is 3. The van der Waals surface area contributed by atoms with Gasteiger partial charge in [-0.1, -0.05) is 32.0 Å². The molecular formula is C14H21N3O. The molecule has 2 rings (SSSR count). The second-order valence-corrected chi connectivity index (χ2v) is 4.94. The number of hydrogen-bond donors (Lipinski definition) is 3. The number of carbonyl (C=O) groups excluding carboxylic acids is 1. The first-order valence-corrected chi connectivity index (χ1v) is 6.52. The predicted molar refractivity (Wildman–Crippen MR) is 73.8 cm³/mol. The fourth-order valence-electron chi connectivity index (χ4n) is 2.17. The molecule has 4 heteroatoms. The molecule has 0 spiro atoms. The normalized spacial score (nSPS) is 19.8. The Morgan fingerprint density at radius 1 is 1.33 bits per heavy atom. The summed E-state index contributed by atoms with van der Waals surface area (Å²) in [4.78, 5) is 12.1. The van der Waals surface area contributed by atoms with Crippen molar-refractivity contribution in [1.82, 2.24) is 10.6 Å². The SMILES string of the molecule is CC(C)c1ccccc1NC(=O)C1CNCCN1. The van der Waals surface area contributed by atoms with E-state index >= 15 is 0 Å². The van der Waals surface area contributed by atoms with E-state index in [2.05, 4.69) is 35.9 Å². The van der Waals surface area contributed by atoms with Crippen LogP contribution in [0.15, 0.2) is 24.3 Å². The lowest BCUT2D eigenvalue weighted by Gasteiger charge is -2.24. The van der Waals surface area contributed by atoms with Gasteiger partial charge in [-0.3, -0.25) is 4.79 Å². The minimum Gasteiger partial charge on any atom is -0.324 e. The van der Waals surface area contributed by atoms with Gasteiger partial charge in [-0.25, -0.2) is 0 Å². The van der Waals surface area contributed by atoms with Gasteiger partial charge in [0.2, 0.25) is 5.91 Å². The molecule has 0 aliphatic carbocycles. The number of nitrogens with one attached hydrogen (secondary N) is 3. The van der Waals surface area contributed by atoms with Crippen LogP contribution in [0.5, 0.6) is 0 Å². The molecule has 0 saturated carbocycles. The van der Waals surface area contributed by atoms with Crippen LogP contribution in [0.4, 0.5) is 5.69 Å². The Labute approximate surface area is 108 Å². The summed E-state index contributed by atoms with van der Waals surface area (Å²) >= 11 is 0. The lowest BCUT2D eigenvalue weighted by molar-refractivity contribution is -0.118. The number of anilines is 1. The molecule has 0 bridgehead atoms. The van der Waals surface area contributed by atoms with Crippen LogP contribution in [-0.2, 0) is 4.79 Å². The average Bonchev–Trinajstić information content (AvgIpc) is 2.40. The topological polar surface area (TPSA) is 53.2 Å². The fourth-order valence-corrected chi connectivity index (χ4v) is 2.17. The van der Waals surface area contributed by atoms with E-state index < -0.39 is 0 Å². The number of hydrogen-bond acceptors (Lipinski definition) is 3. The molecule has 1 atom stereocenters. The Balaban J connectivity index is 2.06. The van der Waals surface area contributed by atoms with Crippen molar-refractivity contribution < 1.29 is 4.79 Å². The lowest BCUT2D eigenvalue weighted by atomic mass is 10.0. The molecule has 4 nitrogen and oxygen atoms in total. The molecule has 1 aliphatic heterocycles. The number of benzene rings is 1. The zero-order chi connectivity index (χ0) is 13.0. The molecule has 0 aromatic heterocycles. The number of para-hydroxylation sites is 1. The minimum absolute atomic E-state index is 0.0373. The van der Waals surface area contributed by atoms with Crippen molar-refractivity contribution in [3.05, 3.63) is 29.8 Å². The summed E-state index contributed by atoms with van der Waals surface area (Å²) < 4.78 is 0. The maximum absolute atomic E-state index is 12.1. The van der Waals surface area contributed by atoms with Gasteiger partial charge in [-0.05, 0) is 17.5 Å². The molecule has 98 valence electrons. The van der Waals surface area contributed by atoms with Crippen LogP contribution in [0.25, 0.3) is 0 Å². The molecule has 18 heavy (non-hydrogen) atoms. The minimum atomic E-state index is -0.140. The molecule has 0 radical (unpaired) electrons. The highest BCUT2D eigenvalue weighted by atomic mass is 16.2. The Bertz CT molecular complexity index is 411. The fraction of sp³-hybridized carbons (Fsp3) is 0.500. The second-order valence-electron chi connectivity index (χ2n) is 4.94. The van der Waals surface area contributed by atoms with Crippen LogP contribution in [0.2, 0.25) is 0 Å². The number of carbonyl (C=O) groups is 1. The molecule has 1 fully saturated rings. The Hall–Kier alpha value is -1.39. The van der Waals surface area contributed by atoms with E-state index in [0.717, 1.165) is 18.8 Å². The summed E-state index contributed by atoms with van der Waals surface area (Å²) in [5.41, 5.74) is 2.10. The lowest BCUT2D eigenvalue weighted by Crippen LogP contribution is -2.54. The van der Waals surface area contributed by atoms with E-state index in [1.807, 2.05) is 18.2 Å². The van der Waals surface area contributed by atoms with Gasteiger partial charge in [-0.2, -0.15) is 0 Å². The monoisotopic (exact) mass is 247 g/mol. The van der Waals surface area contributed by atoms with Gasteiger partial charge >= 0.3 is 0 Å². The molecule has 3 N–H and O–H groups in total. The first kappa shape index (κ1) is 13.1. The summed E-state index contributed by atoms with van der Waals surface area (Å²) in [6.07, 6.45) is 0. The van der Waals surface area contributed by atoms with Gasteiger partial charge in [0.05, 0.1) is 6.04 Å². The Morgan fingerprint density at radius 2 is 2.11 bits per heavy atom. The molecule has 1 unspecified atom stereocenters. The van der Waals surface area contributed by atoms with E-state index in [4.69, 9.17) is 0 Å². The molecular weight excluding hydrogens is 226 g/mol. The standard InChI is InChI=1S/C14H21N3O/c1-10(2)11-5-3-4-6-12(11)17-14(18)13-9-15-7-8-16-13/h3-6,10,13,15-16H,7-9H2,1-2H3,(H,17,18). The summed E-state index contributed by atoms with van der Waals surface area (Å²) in [6.45, 7) is 6.71. The van der Waals surface area contributed by atoms with Crippen molar-refractivity contribution in [1.29, 1.82) is 0 Å². The molecule has 1 aromatic carbocycles. The molecule has 1 saturated heterocycles. The van der Waals surface area contributed by atoms with Gasteiger partial charge in [0.15, 0.2) is 0 Å². The number of piperazine rings is 1. The largest absolute Gasteiger partial charge is 0.324 e. The highest BCUT2D eigenvalue weighted by Crippen LogP contribution is 2.23. The van der Waals surface area contributed by atoms with Gasteiger partial charge in [0.25, 0.3) is 0 Å². The van der Waals surface area contributed by atoms with E-state index in [9.17, 15) is 4.79 Å². The van der Waals surface area contributed by atoms with Crippen LogP contribution in [-0.4, -0.2) is 31.6 Å². The third-order valence-electron chi connectivity index (χ3n) is 3.20. The van der Waals surface area contributed by atoms with E-state index in [0.29, 0.717) is 12.5 Å². The van der Waals surface area contributed by atoms with E-state index in [1.54, 1.807) is 0 Å². The number of amides is 1.